The summed E-state index contributed by atoms with van der Waals surface area (Å²) in [5, 5.41) is 23.9. The highest BCUT2D eigenvalue weighted by Gasteiger charge is 2.36. The summed E-state index contributed by atoms with van der Waals surface area (Å²) >= 11 is 0. The smallest absolute Gasteiger partial charge is 0.123 e. The van der Waals surface area contributed by atoms with Crippen molar-refractivity contribution in [3.63, 3.8) is 0 Å². The molecule has 0 heterocycles. The third kappa shape index (κ3) is 5.34. The van der Waals surface area contributed by atoms with Crippen LogP contribution in [-0.2, 0) is 21.7 Å². The summed E-state index contributed by atoms with van der Waals surface area (Å²) in [6.07, 6.45) is 3.80. The normalized spacial score (nSPS) is 13.5. The third-order valence-corrected chi connectivity index (χ3v) is 9.75. The minimum absolute atomic E-state index is 0.105. The monoisotopic (exact) mass is 494 g/mol. The predicted molar refractivity (Wildman–Crippen MR) is 157 cm³/mol. The van der Waals surface area contributed by atoms with Gasteiger partial charge in [-0.3, -0.25) is 0 Å². The molecule has 0 fully saturated rings. The van der Waals surface area contributed by atoms with Crippen molar-refractivity contribution >= 4 is 0 Å². The molecule has 0 aliphatic rings. The Morgan fingerprint density at radius 1 is 0.500 bits per heavy atom. The van der Waals surface area contributed by atoms with Crippen LogP contribution in [0.3, 0.4) is 0 Å². The Morgan fingerprint density at radius 3 is 0.972 bits per heavy atom. The van der Waals surface area contributed by atoms with E-state index in [0.29, 0.717) is 11.5 Å². The van der Waals surface area contributed by atoms with Gasteiger partial charge >= 0.3 is 0 Å². The lowest BCUT2D eigenvalue weighted by Gasteiger charge is -2.36. The van der Waals surface area contributed by atoms with Crippen molar-refractivity contribution in [2.24, 2.45) is 0 Å². The van der Waals surface area contributed by atoms with Gasteiger partial charge in [0, 0.05) is 17.0 Å². The van der Waals surface area contributed by atoms with Crippen LogP contribution < -0.4 is 0 Å². The molecule has 0 atom stereocenters. The largest absolute Gasteiger partial charge is 0.507 e. The van der Waals surface area contributed by atoms with E-state index in [1.54, 1.807) is 0 Å². The third-order valence-electron chi connectivity index (χ3n) is 9.75. The molecule has 0 saturated heterocycles. The standard InChI is InChI=1S/C34H54O2/c1-14-31(6,7)23-18-20-25(33(10,11)16-3)29(35)27(23)22(5)28-24(32(8,9)15-2)19-21-26(30(28)36)34(12,13)17-4/h18-22,35-36H,14-17H2,1-13H3. The molecule has 202 valence electrons. The fourth-order valence-corrected chi connectivity index (χ4v) is 5.27. The van der Waals surface area contributed by atoms with Gasteiger partial charge in [0.05, 0.1) is 0 Å². The first-order valence-corrected chi connectivity index (χ1v) is 14.2. The quantitative estimate of drug-likeness (QED) is 0.345. The Kier molecular flexibility index (Phi) is 8.76. The van der Waals surface area contributed by atoms with Crippen molar-refractivity contribution in [2.45, 2.75) is 143 Å². The molecule has 2 N–H and O–H groups in total. The Balaban J connectivity index is 3.06. The lowest BCUT2D eigenvalue weighted by atomic mass is 9.68. The van der Waals surface area contributed by atoms with Gasteiger partial charge in [-0.15, -0.1) is 0 Å². The maximum Gasteiger partial charge on any atom is 0.123 e. The maximum atomic E-state index is 12.0. The molecule has 0 unspecified atom stereocenters. The lowest BCUT2D eigenvalue weighted by molar-refractivity contribution is 0.404. The van der Waals surface area contributed by atoms with Crippen LogP contribution in [0.25, 0.3) is 0 Å². The molecular weight excluding hydrogens is 440 g/mol. The van der Waals surface area contributed by atoms with Crippen molar-refractivity contribution in [3.05, 3.63) is 57.6 Å². The van der Waals surface area contributed by atoms with Crippen molar-refractivity contribution in [2.75, 3.05) is 0 Å². The molecule has 0 aromatic heterocycles. The van der Waals surface area contributed by atoms with Gasteiger partial charge in [0.15, 0.2) is 0 Å². The van der Waals surface area contributed by atoms with Gasteiger partial charge < -0.3 is 10.2 Å². The molecule has 2 heteroatoms. The molecule has 2 aromatic rings. The number of aromatic hydroxyl groups is 2. The Bertz CT molecular complexity index is 984. The molecule has 0 aliphatic carbocycles. The second kappa shape index (κ2) is 10.4. The molecule has 0 amide bonds. The van der Waals surface area contributed by atoms with Gasteiger partial charge in [0.25, 0.3) is 0 Å². The number of phenols is 2. The zero-order valence-electron chi connectivity index (χ0n) is 25.6. The van der Waals surface area contributed by atoms with Crippen molar-refractivity contribution in [1.29, 1.82) is 0 Å². The van der Waals surface area contributed by atoms with Gasteiger partial charge in [-0.2, -0.15) is 0 Å². The summed E-state index contributed by atoms with van der Waals surface area (Å²) in [6.45, 7) is 28.8. The van der Waals surface area contributed by atoms with E-state index in [4.69, 9.17) is 0 Å². The summed E-state index contributed by atoms with van der Waals surface area (Å²) < 4.78 is 0. The van der Waals surface area contributed by atoms with Gasteiger partial charge in [0.2, 0.25) is 0 Å². The summed E-state index contributed by atoms with van der Waals surface area (Å²) in [7, 11) is 0. The number of phenolic OH excluding ortho intramolecular Hbond substituents is 2. The molecule has 0 radical (unpaired) electrons. The number of benzene rings is 2. The van der Waals surface area contributed by atoms with Gasteiger partial charge in [-0.05, 0) is 69.6 Å². The van der Waals surface area contributed by atoms with E-state index in [9.17, 15) is 10.2 Å². The number of hydrogen-bond acceptors (Lipinski definition) is 2. The van der Waals surface area contributed by atoms with Crippen molar-refractivity contribution in [1.82, 2.24) is 0 Å². The topological polar surface area (TPSA) is 40.5 Å². The van der Waals surface area contributed by atoms with Crippen LogP contribution >= 0.6 is 0 Å². The van der Waals surface area contributed by atoms with E-state index >= 15 is 0 Å². The van der Waals surface area contributed by atoms with Crippen molar-refractivity contribution in [3.8, 4) is 11.5 Å². The summed E-state index contributed by atoms with van der Waals surface area (Å²) in [4.78, 5) is 0. The van der Waals surface area contributed by atoms with Gasteiger partial charge in [-0.25, -0.2) is 0 Å². The fourth-order valence-electron chi connectivity index (χ4n) is 5.27. The first-order chi connectivity index (χ1) is 16.4. The Morgan fingerprint density at radius 2 is 0.722 bits per heavy atom. The average Bonchev–Trinajstić information content (AvgIpc) is 2.82. The van der Waals surface area contributed by atoms with E-state index < -0.39 is 0 Å². The Hall–Kier alpha value is -1.96. The van der Waals surface area contributed by atoms with Crippen molar-refractivity contribution < 1.29 is 10.2 Å². The van der Waals surface area contributed by atoms with Crippen LogP contribution in [0.4, 0.5) is 0 Å². The summed E-state index contributed by atoms with van der Waals surface area (Å²) in [5.74, 6) is 0.633. The molecule has 0 spiro atoms. The highest BCUT2D eigenvalue weighted by atomic mass is 16.3. The van der Waals surface area contributed by atoms with Gasteiger partial charge in [0.1, 0.15) is 11.5 Å². The molecule has 0 saturated carbocycles. The van der Waals surface area contributed by atoms with E-state index in [1.807, 2.05) is 0 Å². The fraction of sp³-hybridized carbons (Fsp3) is 0.647. The number of rotatable bonds is 10. The molecule has 36 heavy (non-hydrogen) atoms. The highest BCUT2D eigenvalue weighted by molar-refractivity contribution is 5.60. The van der Waals surface area contributed by atoms with E-state index in [1.165, 1.54) is 11.1 Å². The van der Waals surface area contributed by atoms with Crippen LogP contribution in [0.5, 0.6) is 11.5 Å². The van der Waals surface area contributed by atoms with Crippen LogP contribution in [0.2, 0.25) is 0 Å². The molecule has 2 aromatic carbocycles. The average molecular weight is 495 g/mol. The van der Waals surface area contributed by atoms with Crippen LogP contribution in [-0.4, -0.2) is 10.2 Å². The second-order valence-electron chi connectivity index (χ2n) is 13.5. The van der Waals surface area contributed by atoms with E-state index in [-0.39, 0.29) is 27.6 Å². The summed E-state index contributed by atoms with van der Waals surface area (Å²) in [6, 6.07) is 8.75. The minimum atomic E-state index is -0.160. The highest BCUT2D eigenvalue weighted by Crippen LogP contribution is 2.51. The SMILES string of the molecule is CCC(C)(C)c1ccc(C(C)(C)CC)c(C(C)c2c(C(C)(C)CC)ccc(C(C)(C)CC)c2O)c1O. The number of hydrogen-bond donors (Lipinski definition) is 2. The predicted octanol–water partition coefficient (Wildman–Crippen LogP) is 10.00. The first kappa shape index (κ1) is 30.3. The molecular formula is C34H54O2. The molecule has 0 aliphatic heterocycles. The van der Waals surface area contributed by atoms with Crippen LogP contribution in [0, 0.1) is 0 Å². The molecule has 2 rings (SSSR count). The zero-order chi connectivity index (χ0) is 27.9. The maximum absolute atomic E-state index is 12.0. The minimum Gasteiger partial charge on any atom is -0.507 e. The van der Waals surface area contributed by atoms with E-state index in [0.717, 1.165) is 47.9 Å². The Labute approximate surface area is 222 Å². The van der Waals surface area contributed by atoms with Crippen LogP contribution in [0.1, 0.15) is 155 Å². The summed E-state index contributed by atoms with van der Waals surface area (Å²) in [5.41, 5.74) is 5.76. The molecule has 2 nitrogen and oxygen atoms in total. The van der Waals surface area contributed by atoms with Crippen LogP contribution in [0.15, 0.2) is 24.3 Å². The van der Waals surface area contributed by atoms with E-state index in [2.05, 4.69) is 114 Å². The lowest BCUT2D eigenvalue weighted by Crippen LogP contribution is -2.25. The molecule has 0 bridgehead atoms. The van der Waals surface area contributed by atoms with Gasteiger partial charge in [-0.1, -0.05) is 114 Å². The zero-order valence-corrected chi connectivity index (χ0v) is 25.6. The first-order valence-electron chi connectivity index (χ1n) is 14.2. The second-order valence-corrected chi connectivity index (χ2v) is 13.5.